The molecule has 0 aliphatic heterocycles. The molecule has 2 N–H and O–H groups in total. The zero-order valence-corrected chi connectivity index (χ0v) is 14.9. The molecule has 120 valence electrons. The molecule has 1 aromatic heterocycles. The van der Waals surface area contributed by atoms with E-state index >= 15 is 0 Å². The monoisotopic (exact) mass is 378 g/mol. The van der Waals surface area contributed by atoms with Gasteiger partial charge in [-0.25, -0.2) is 13.1 Å². The lowest BCUT2D eigenvalue weighted by Crippen LogP contribution is -2.38. The molecule has 1 aromatic rings. The SMILES string of the molecule is CCC1CCCC(NS(=O)(=O)c2cc(CNC)oc2Br)C1. The highest BCUT2D eigenvalue weighted by Gasteiger charge is 2.28. The summed E-state index contributed by atoms with van der Waals surface area (Å²) in [5.74, 6) is 1.22. The minimum absolute atomic E-state index is 0.0308. The van der Waals surface area contributed by atoms with Crippen LogP contribution >= 0.6 is 15.9 Å². The molecule has 2 rings (SSSR count). The summed E-state index contributed by atoms with van der Waals surface area (Å²) >= 11 is 3.20. The molecule has 0 spiro atoms. The molecule has 0 amide bonds. The van der Waals surface area contributed by atoms with E-state index in [2.05, 4.69) is 32.9 Å². The van der Waals surface area contributed by atoms with E-state index in [0.29, 0.717) is 18.2 Å². The fourth-order valence-corrected chi connectivity index (χ4v) is 5.18. The standard InChI is InChI=1S/C14H23BrN2O3S/c1-3-10-5-4-6-11(7-10)17-21(18,19)13-8-12(9-16-2)20-14(13)15/h8,10-11,16-17H,3-7,9H2,1-2H3. The molecular weight excluding hydrogens is 356 g/mol. The molecule has 2 unspecified atom stereocenters. The molecule has 7 heteroatoms. The lowest BCUT2D eigenvalue weighted by molar-refractivity contribution is 0.301. The average molecular weight is 379 g/mol. The third-order valence-corrected chi connectivity index (χ3v) is 6.41. The number of hydrogen-bond acceptors (Lipinski definition) is 4. The number of nitrogens with one attached hydrogen (secondary N) is 2. The number of halogens is 1. The maximum Gasteiger partial charge on any atom is 0.245 e. The van der Waals surface area contributed by atoms with Crippen LogP contribution in [0.5, 0.6) is 0 Å². The normalized spacial score (nSPS) is 23.4. The molecule has 0 saturated heterocycles. The van der Waals surface area contributed by atoms with Gasteiger partial charge in [0.2, 0.25) is 10.0 Å². The van der Waals surface area contributed by atoms with E-state index in [-0.39, 0.29) is 15.6 Å². The van der Waals surface area contributed by atoms with E-state index in [1.807, 2.05) is 0 Å². The van der Waals surface area contributed by atoms with Crippen LogP contribution in [-0.4, -0.2) is 21.5 Å². The topological polar surface area (TPSA) is 71.3 Å². The van der Waals surface area contributed by atoms with E-state index in [9.17, 15) is 8.42 Å². The molecule has 1 fully saturated rings. The average Bonchev–Trinajstić information content (AvgIpc) is 2.81. The van der Waals surface area contributed by atoms with Crippen molar-refractivity contribution in [1.29, 1.82) is 0 Å². The minimum atomic E-state index is -3.54. The Morgan fingerprint density at radius 1 is 1.43 bits per heavy atom. The van der Waals surface area contributed by atoms with Crippen molar-refractivity contribution in [2.24, 2.45) is 5.92 Å². The van der Waals surface area contributed by atoms with Crippen molar-refractivity contribution in [1.82, 2.24) is 10.0 Å². The van der Waals surface area contributed by atoms with Crippen molar-refractivity contribution in [2.75, 3.05) is 7.05 Å². The molecule has 21 heavy (non-hydrogen) atoms. The van der Waals surface area contributed by atoms with E-state index in [0.717, 1.165) is 25.7 Å². The second-order valence-corrected chi connectivity index (χ2v) is 8.04. The van der Waals surface area contributed by atoms with Crippen LogP contribution in [0.4, 0.5) is 0 Å². The lowest BCUT2D eigenvalue weighted by atomic mass is 9.85. The number of rotatable bonds is 6. The van der Waals surface area contributed by atoms with Crippen molar-refractivity contribution < 1.29 is 12.8 Å². The minimum Gasteiger partial charge on any atom is -0.452 e. The van der Waals surface area contributed by atoms with Crippen LogP contribution in [0.2, 0.25) is 0 Å². The second kappa shape index (κ2) is 7.26. The van der Waals surface area contributed by atoms with Gasteiger partial charge >= 0.3 is 0 Å². The molecule has 0 radical (unpaired) electrons. The number of furan rings is 1. The fourth-order valence-electron chi connectivity index (χ4n) is 2.89. The Morgan fingerprint density at radius 2 is 2.19 bits per heavy atom. The summed E-state index contributed by atoms with van der Waals surface area (Å²) < 4.78 is 33.5. The Morgan fingerprint density at radius 3 is 2.86 bits per heavy atom. The van der Waals surface area contributed by atoms with Gasteiger partial charge in [0.05, 0.1) is 6.54 Å². The van der Waals surface area contributed by atoms with Gasteiger partial charge in [0, 0.05) is 12.1 Å². The van der Waals surface area contributed by atoms with Gasteiger partial charge in [-0.15, -0.1) is 0 Å². The van der Waals surface area contributed by atoms with Crippen molar-refractivity contribution in [3.63, 3.8) is 0 Å². The second-order valence-electron chi connectivity index (χ2n) is 5.64. The molecular formula is C14H23BrN2O3S. The fraction of sp³-hybridized carbons (Fsp3) is 0.714. The van der Waals surface area contributed by atoms with Crippen LogP contribution in [0.1, 0.15) is 44.8 Å². The Labute approximate surface area is 135 Å². The zero-order valence-electron chi connectivity index (χ0n) is 12.5. The Balaban J connectivity index is 2.11. The van der Waals surface area contributed by atoms with E-state index in [1.165, 1.54) is 6.42 Å². The van der Waals surface area contributed by atoms with Gasteiger partial charge in [-0.05, 0) is 41.7 Å². The molecule has 2 atom stereocenters. The van der Waals surface area contributed by atoms with E-state index in [1.54, 1.807) is 13.1 Å². The summed E-state index contributed by atoms with van der Waals surface area (Å²) in [7, 11) is -1.75. The first-order valence-electron chi connectivity index (χ1n) is 7.41. The molecule has 1 saturated carbocycles. The number of sulfonamides is 1. The third-order valence-electron chi connectivity index (χ3n) is 4.03. The molecule has 1 aliphatic carbocycles. The van der Waals surface area contributed by atoms with Gasteiger partial charge in [0.1, 0.15) is 10.7 Å². The molecule has 1 aliphatic rings. The third kappa shape index (κ3) is 4.31. The van der Waals surface area contributed by atoms with Gasteiger partial charge in [0.25, 0.3) is 0 Å². The van der Waals surface area contributed by atoms with Crippen molar-refractivity contribution >= 4 is 26.0 Å². The lowest BCUT2D eigenvalue weighted by Gasteiger charge is -2.28. The van der Waals surface area contributed by atoms with Crippen LogP contribution < -0.4 is 10.0 Å². The van der Waals surface area contributed by atoms with Crippen molar-refractivity contribution in [3.8, 4) is 0 Å². The Bertz CT molecular complexity index is 571. The summed E-state index contributed by atoms with van der Waals surface area (Å²) in [6.07, 6.45) is 5.24. The highest BCUT2D eigenvalue weighted by atomic mass is 79.9. The van der Waals surface area contributed by atoms with Gasteiger partial charge in [-0.2, -0.15) is 0 Å². The molecule has 5 nitrogen and oxygen atoms in total. The van der Waals surface area contributed by atoms with Crippen LogP contribution in [0, 0.1) is 5.92 Å². The highest BCUT2D eigenvalue weighted by molar-refractivity contribution is 9.10. The summed E-state index contributed by atoms with van der Waals surface area (Å²) in [4.78, 5) is 0.186. The smallest absolute Gasteiger partial charge is 0.245 e. The molecule has 0 bridgehead atoms. The van der Waals surface area contributed by atoms with E-state index < -0.39 is 10.0 Å². The summed E-state index contributed by atoms with van der Waals surface area (Å²) in [6, 6.07) is 1.60. The first kappa shape index (κ1) is 17.0. The maximum absolute atomic E-state index is 12.5. The van der Waals surface area contributed by atoms with Crippen LogP contribution in [-0.2, 0) is 16.6 Å². The van der Waals surface area contributed by atoms with Gasteiger partial charge in [0.15, 0.2) is 4.67 Å². The summed E-state index contributed by atoms with van der Waals surface area (Å²) in [6.45, 7) is 2.66. The summed E-state index contributed by atoms with van der Waals surface area (Å²) in [5.41, 5.74) is 0. The predicted molar refractivity (Wildman–Crippen MR) is 85.5 cm³/mol. The number of hydrogen-bond donors (Lipinski definition) is 2. The molecule has 0 aromatic carbocycles. The Hall–Kier alpha value is -0.370. The Kier molecular flexibility index (Phi) is 5.88. The predicted octanol–water partition coefficient (Wildman–Crippen LogP) is 3.01. The van der Waals surface area contributed by atoms with Crippen molar-refractivity contribution in [3.05, 3.63) is 16.5 Å². The largest absolute Gasteiger partial charge is 0.452 e. The van der Waals surface area contributed by atoms with Crippen LogP contribution in [0.25, 0.3) is 0 Å². The first-order chi connectivity index (χ1) is 9.96. The zero-order chi connectivity index (χ0) is 15.5. The quantitative estimate of drug-likeness (QED) is 0.797. The first-order valence-corrected chi connectivity index (χ1v) is 9.69. The van der Waals surface area contributed by atoms with Crippen molar-refractivity contribution in [2.45, 2.75) is 56.5 Å². The van der Waals surface area contributed by atoms with Gasteiger partial charge < -0.3 is 9.73 Å². The van der Waals surface area contributed by atoms with Crippen LogP contribution in [0.3, 0.4) is 0 Å². The van der Waals surface area contributed by atoms with Gasteiger partial charge in [-0.3, -0.25) is 0 Å². The molecule has 1 heterocycles. The van der Waals surface area contributed by atoms with Crippen LogP contribution in [0.15, 0.2) is 20.0 Å². The highest BCUT2D eigenvalue weighted by Crippen LogP contribution is 2.30. The van der Waals surface area contributed by atoms with Gasteiger partial charge in [-0.1, -0.05) is 26.2 Å². The van der Waals surface area contributed by atoms with E-state index in [4.69, 9.17) is 4.42 Å². The summed E-state index contributed by atoms with van der Waals surface area (Å²) in [5, 5.41) is 2.94. The maximum atomic E-state index is 12.5.